The summed E-state index contributed by atoms with van der Waals surface area (Å²) in [4.78, 5) is 22.7. The second-order valence-electron chi connectivity index (χ2n) is 3.87. The Labute approximate surface area is 90.6 Å². The molecule has 88 valence electrons. The zero-order valence-corrected chi connectivity index (χ0v) is 9.85. The Balaban J connectivity index is 3.99. The van der Waals surface area contributed by atoms with Gasteiger partial charge in [-0.25, -0.2) is 4.79 Å². The third kappa shape index (κ3) is 5.37. The van der Waals surface area contributed by atoms with Crippen molar-refractivity contribution in [3.63, 3.8) is 0 Å². The molecular formula is C10H20N2O3. The number of carbonyl (C=O) groups is 2. The summed E-state index contributed by atoms with van der Waals surface area (Å²) in [6, 6.07) is 0. The van der Waals surface area contributed by atoms with Gasteiger partial charge in [0.2, 0.25) is 5.91 Å². The van der Waals surface area contributed by atoms with Crippen molar-refractivity contribution in [1.82, 2.24) is 10.6 Å². The molecule has 0 radical (unpaired) electrons. The summed E-state index contributed by atoms with van der Waals surface area (Å²) in [5.74, 6) is -0.579. The minimum absolute atomic E-state index is 0.138. The molecule has 0 aromatic rings. The van der Waals surface area contributed by atoms with Crippen LogP contribution in [0, 0.1) is 0 Å². The van der Waals surface area contributed by atoms with Crippen molar-refractivity contribution in [2.75, 3.05) is 20.7 Å². The van der Waals surface area contributed by atoms with Crippen molar-refractivity contribution in [1.29, 1.82) is 0 Å². The van der Waals surface area contributed by atoms with Crippen LogP contribution in [0.2, 0.25) is 0 Å². The van der Waals surface area contributed by atoms with E-state index in [1.54, 1.807) is 13.8 Å². The first-order chi connectivity index (χ1) is 6.94. The van der Waals surface area contributed by atoms with Crippen LogP contribution < -0.4 is 10.6 Å². The van der Waals surface area contributed by atoms with Gasteiger partial charge < -0.3 is 15.4 Å². The van der Waals surface area contributed by atoms with Crippen LogP contribution in [0.1, 0.15) is 26.7 Å². The molecule has 0 heterocycles. The van der Waals surface area contributed by atoms with Crippen LogP contribution in [0.25, 0.3) is 0 Å². The predicted molar refractivity (Wildman–Crippen MR) is 57.4 cm³/mol. The maximum Gasteiger partial charge on any atom is 0.330 e. The summed E-state index contributed by atoms with van der Waals surface area (Å²) in [6.07, 6.45) is 1.15. The van der Waals surface area contributed by atoms with Gasteiger partial charge in [0.15, 0.2) is 0 Å². The molecule has 0 saturated carbocycles. The molecule has 15 heavy (non-hydrogen) atoms. The molecule has 0 aromatic carbocycles. The lowest BCUT2D eigenvalue weighted by molar-refractivity contribution is -0.149. The highest BCUT2D eigenvalue weighted by atomic mass is 16.5. The van der Waals surface area contributed by atoms with Crippen LogP contribution in [-0.4, -0.2) is 38.1 Å². The minimum Gasteiger partial charge on any atom is -0.467 e. The average Bonchev–Trinajstić information content (AvgIpc) is 2.16. The van der Waals surface area contributed by atoms with Crippen molar-refractivity contribution in [3.05, 3.63) is 0 Å². The molecule has 0 aromatic heterocycles. The van der Waals surface area contributed by atoms with Crippen LogP contribution >= 0.6 is 0 Å². The third-order valence-electron chi connectivity index (χ3n) is 1.98. The van der Waals surface area contributed by atoms with E-state index >= 15 is 0 Å². The van der Waals surface area contributed by atoms with E-state index in [0.717, 1.165) is 13.0 Å². The Kier molecular flexibility index (Phi) is 5.93. The number of carbonyl (C=O) groups excluding carboxylic acids is 2. The topological polar surface area (TPSA) is 67.4 Å². The molecule has 0 rings (SSSR count). The van der Waals surface area contributed by atoms with Gasteiger partial charge in [0.1, 0.15) is 5.54 Å². The van der Waals surface area contributed by atoms with E-state index < -0.39 is 11.5 Å². The highest BCUT2D eigenvalue weighted by Gasteiger charge is 2.29. The second-order valence-corrected chi connectivity index (χ2v) is 3.87. The minimum atomic E-state index is -0.953. The number of methoxy groups -OCH3 is 1. The molecule has 5 nitrogen and oxygen atoms in total. The maximum atomic E-state index is 11.4. The molecule has 0 unspecified atom stereocenters. The fourth-order valence-electron chi connectivity index (χ4n) is 1.14. The lowest BCUT2D eigenvalue weighted by Gasteiger charge is -2.22. The van der Waals surface area contributed by atoms with Gasteiger partial charge in [0, 0.05) is 6.42 Å². The van der Waals surface area contributed by atoms with Crippen LogP contribution in [-0.2, 0) is 14.3 Å². The number of amides is 1. The fraction of sp³-hybridized carbons (Fsp3) is 0.800. The molecule has 0 aliphatic rings. The Hall–Kier alpha value is -1.10. The van der Waals surface area contributed by atoms with Gasteiger partial charge >= 0.3 is 5.97 Å². The van der Waals surface area contributed by atoms with E-state index in [0.29, 0.717) is 6.42 Å². The van der Waals surface area contributed by atoms with Crippen molar-refractivity contribution in [3.8, 4) is 0 Å². The van der Waals surface area contributed by atoms with Crippen molar-refractivity contribution < 1.29 is 14.3 Å². The fourth-order valence-corrected chi connectivity index (χ4v) is 1.14. The zero-order valence-electron chi connectivity index (χ0n) is 9.85. The molecular weight excluding hydrogens is 196 g/mol. The molecule has 1 amide bonds. The van der Waals surface area contributed by atoms with E-state index in [1.165, 1.54) is 7.11 Å². The van der Waals surface area contributed by atoms with Gasteiger partial charge in [-0.3, -0.25) is 4.79 Å². The normalized spacial score (nSPS) is 10.9. The first-order valence-electron chi connectivity index (χ1n) is 4.98. The van der Waals surface area contributed by atoms with Crippen LogP contribution in [0.5, 0.6) is 0 Å². The Morgan fingerprint density at radius 1 is 1.33 bits per heavy atom. The standard InChI is InChI=1S/C10H20N2O3/c1-10(2,9(14)15-4)12-8(13)6-5-7-11-3/h11H,5-7H2,1-4H3,(H,12,13). The summed E-state index contributed by atoms with van der Waals surface area (Å²) in [7, 11) is 3.13. The lowest BCUT2D eigenvalue weighted by atomic mass is 10.1. The van der Waals surface area contributed by atoms with E-state index in [9.17, 15) is 9.59 Å². The number of esters is 1. The smallest absolute Gasteiger partial charge is 0.330 e. The predicted octanol–water partition coefficient (Wildman–Crippen LogP) is 0.0538. The number of rotatable bonds is 6. The zero-order chi connectivity index (χ0) is 11.9. The third-order valence-corrected chi connectivity index (χ3v) is 1.98. The molecule has 2 N–H and O–H groups in total. The molecule has 0 atom stereocenters. The monoisotopic (exact) mass is 216 g/mol. The van der Waals surface area contributed by atoms with E-state index in [2.05, 4.69) is 15.4 Å². The number of hydrogen-bond acceptors (Lipinski definition) is 4. The van der Waals surface area contributed by atoms with Crippen molar-refractivity contribution in [2.24, 2.45) is 0 Å². The molecule has 0 spiro atoms. The SMILES string of the molecule is CNCCCC(=O)NC(C)(C)C(=O)OC. The van der Waals surface area contributed by atoms with Gasteiger partial charge in [0.25, 0.3) is 0 Å². The Morgan fingerprint density at radius 3 is 2.40 bits per heavy atom. The summed E-state index contributed by atoms with van der Waals surface area (Å²) in [6.45, 7) is 4.02. The summed E-state index contributed by atoms with van der Waals surface area (Å²) < 4.78 is 4.58. The number of nitrogens with one attached hydrogen (secondary N) is 2. The second kappa shape index (κ2) is 6.40. The first-order valence-corrected chi connectivity index (χ1v) is 4.98. The Bertz CT molecular complexity index is 227. The van der Waals surface area contributed by atoms with Crippen molar-refractivity contribution >= 4 is 11.9 Å². The molecule has 0 bridgehead atoms. The van der Waals surface area contributed by atoms with Gasteiger partial charge in [-0.1, -0.05) is 0 Å². The maximum absolute atomic E-state index is 11.4. The van der Waals surface area contributed by atoms with E-state index in [4.69, 9.17) is 0 Å². The molecule has 0 aliphatic heterocycles. The van der Waals surface area contributed by atoms with Gasteiger partial charge in [0.05, 0.1) is 7.11 Å². The lowest BCUT2D eigenvalue weighted by Crippen LogP contribution is -2.50. The summed E-state index contributed by atoms with van der Waals surface area (Å²) >= 11 is 0. The van der Waals surface area contributed by atoms with Crippen molar-refractivity contribution in [2.45, 2.75) is 32.2 Å². The first kappa shape index (κ1) is 13.9. The molecule has 0 saturated heterocycles. The highest BCUT2D eigenvalue weighted by molar-refractivity contribution is 5.87. The van der Waals surface area contributed by atoms with Crippen LogP contribution in [0.3, 0.4) is 0 Å². The highest BCUT2D eigenvalue weighted by Crippen LogP contribution is 2.05. The Morgan fingerprint density at radius 2 is 1.93 bits per heavy atom. The number of ether oxygens (including phenoxy) is 1. The van der Waals surface area contributed by atoms with Gasteiger partial charge in [-0.2, -0.15) is 0 Å². The largest absolute Gasteiger partial charge is 0.467 e. The number of hydrogen-bond donors (Lipinski definition) is 2. The van der Waals surface area contributed by atoms with Crippen LogP contribution in [0.15, 0.2) is 0 Å². The molecule has 0 fully saturated rings. The quantitative estimate of drug-likeness (QED) is 0.486. The van der Waals surface area contributed by atoms with Crippen LogP contribution in [0.4, 0.5) is 0 Å². The van der Waals surface area contributed by atoms with Gasteiger partial charge in [-0.15, -0.1) is 0 Å². The van der Waals surface area contributed by atoms with Gasteiger partial charge in [-0.05, 0) is 33.9 Å². The summed E-state index contributed by atoms with van der Waals surface area (Å²) in [5, 5.41) is 5.57. The van der Waals surface area contributed by atoms with E-state index in [-0.39, 0.29) is 5.91 Å². The summed E-state index contributed by atoms with van der Waals surface area (Å²) in [5.41, 5.74) is -0.953. The molecule has 0 aliphatic carbocycles. The molecule has 5 heteroatoms. The van der Waals surface area contributed by atoms with E-state index in [1.807, 2.05) is 7.05 Å². The average molecular weight is 216 g/mol.